The molecule has 1 amide bonds. The molecule has 1 saturated heterocycles. The number of furan rings is 1. The van der Waals surface area contributed by atoms with Crippen molar-refractivity contribution >= 4 is 29.1 Å². The first-order chi connectivity index (χ1) is 15.0. The van der Waals surface area contributed by atoms with E-state index in [4.69, 9.17) is 32.4 Å². The van der Waals surface area contributed by atoms with Crippen molar-refractivity contribution in [2.45, 2.75) is 20.1 Å². The SMILES string of the molecule is Cc1ccccc1OCc1ccc(C(=O)N2CCN(Cc3ccc(Cl)cc3Cl)CC2)o1. The Kier molecular flexibility index (Phi) is 6.86. The van der Waals surface area contributed by atoms with Gasteiger partial charge in [-0.2, -0.15) is 0 Å². The molecule has 5 nitrogen and oxygen atoms in total. The maximum atomic E-state index is 12.8. The van der Waals surface area contributed by atoms with Crippen LogP contribution >= 0.6 is 23.2 Å². The fourth-order valence-electron chi connectivity index (χ4n) is 3.59. The molecule has 7 heteroatoms. The largest absolute Gasteiger partial charge is 0.485 e. The summed E-state index contributed by atoms with van der Waals surface area (Å²) in [4.78, 5) is 16.9. The molecular formula is C24H24Cl2N2O3. The van der Waals surface area contributed by atoms with Crippen LogP contribution in [0.15, 0.2) is 59.0 Å². The van der Waals surface area contributed by atoms with E-state index in [1.165, 1.54) is 0 Å². The number of ether oxygens (including phenoxy) is 1. The van der Waals surface area contributed by atoms with Gasteiger partial charge in [-0.25, -0.2) is 0 Å². The molecule has 0 radical (unpaired) electrons. The first-order valence-electron chi connectivity index (χ1n) is 10.2. The van der Waals surface area contributed by atoms with E-state index in [1.54, 1.807) is 18.2 Å². The van der Waals surface area contributed by atoms with Crippen molar-refractivity contribution < 1.29 is 13.9 Å². The van der Waals surface area contributed by atoms with E-state index in [0.29, 0.717) is 34.7 Å². The van der Waals surface area contributed by atoms with Crippen molar-refractivity contribution in [3.05, 3.63) is 87.3 Å². The highest BCUT2D eigenvalue weighted by atomic mass is 35.5. The highest BCUT2D eigenvalue weighted by Gasteiger charge is 2.24. The van der Waals surface area contributed by atoms with Gasteiger partial charge in [-0.05, 0) is 48.4 Å². The number of hydrogen-bond donors (Lipinski definition) is 0. The minimum atomic E-state index is -0.0914. The van der Waals surface area contributed by atoms with Crippen molar-refractivity contribution in [3.63, 3.8) is 0 Å². The molecule has 1 fully saturated rings. The maximum absolute atomic E-state index is 12.8. The zero-order chi connectivity index (χ0) is 21.8. The Morgan fingerprint density at radius 2 is 1.81 bits per heavy atom. The fraction of sp³-hybridized carbons (Fsp3) is 0.292. The van der Waals surface area contributed by atoms with Gasteiger partial charge in [0.15, 0.2) is 5.76 Å². The second-order valence-electron chi connectivity index (χ2n) is 7.62. The molecule has 0 saturated carbocycles. The quantitative estimate of drug-likeness (QED) is 0.493. The molecule has 0 unspecified atom stereocenters. The van der Waals surface area contributed by atoms with Crippen LogP contribution in [-0.2, 0) is 13.2 Å². The van der Waals surface area contributed by atoms with Crippen molar-refractivity contribution in [2.75, 3.05) is 26.2 Å². The van der Waals surface area contributed by atoms with E-state index in [-0.39, 0.29) is 12.5 Å². The van der Waals surface area contributed by atoms with Crippen molar-refractivity contribution in [2.24, 2.45) is 0 Å². The lowest BCUT2D eigenvalue weighted by atomic mass is 10.2. The van der Waals surface area contributed by atoms with E-state index in [2.05, 4.69) is 4.90 Å². The fourth-order valence-corrected chi connectivity index (χ4v) is 4.06. The molecular weight excluding hydrogens is 435 g/mol. The summed E-state index contributed by atoms with van der Waals surface area (Å²) < 4.78 is 11.6. The zero-order valence-corrected chi connectivity index (χ0v) is 18.8. The molecule has 2 aromatic carbocycles. The van der Waals surface area contributed by atoms with E-state index < -0.39 is 0 Å². The molecule has 1 aliphatic rings. The van der Waals surface area contributed by atoms with Crippen LogP contribution in [0.5, 0.6) is 5.75 Å². The van der Waals surface area contributed by atoms with Crippen LogP contribution in [0.4, 0.5) is 0 Å². The van der Waals surface area contributed by atoms with E-state index >= 15 is 0 Å². The number of carbonyl (C=O) groups excluding carboxylic acids is 1. The van der Waals surface area contributed by atoms with Crippen LogP contribution in [-0.4, -0.2) is 41.9 Å². The van der Waals surface area contributed by atoms with E-state index in [0.717, 1.165) is 36.5 Å². The van der Waals surface area contributed by atoms with Crippen molar-refractivity contribution in [1.82, 2.24) is 9.80 Å². The molecule has 3 aromatic rings. The standard InChI is InChI=1S/C24H24Cl2N2O3/c1-17-4-2-3-5-22(17)30-16-20-8-9-23(31-20)24(29)28-12-10-27(11-13-28)15-18-6-7-19(25)14-21(18)26/h2-9,14H,10-13,15-16H2,1H3. The Bertz CT molecular complexity index is 1060. The van der Waals surface area contributed by atoms with Crippen LogP contribution in [0.1, 0.15) is 27.4 Å². The minimum absolute atomic E-state index is 0.0914. The summed E-state index contributed by atoms with van der Waals surface area (Å²) in [6, 6.07) is 16.9. The lowest BCUT2D eigenvalue weighted by molar-refractivity contribution is 0.0594. The molecule has 1 aliphatic heterocycles. The number of carbonyl (C=O) groups is 1. The Hall–Kier alpha value is -2.47. The lowest BCUT2D eigenvalue weighted by Crippen LogP contribution is -2.48. The summed E-state index contributed by atoms with van der Waals surface area (Å²) in [6.07, 6.45) is 0. The number of benzene rings is 2. The molecule has 0 aliphatic carbocycles. The summed E-state index contributed by atoms with van der Waals surface area (Å²) in [6.45, 7) is 5.84. The Labute approximate surface area is 192 Å². The Balaban J connectivity index is 1.29. The summed E-state index contributed by atoms with van der Waals surface area (Å²) in [5.41, 5.74) is 2.10. The maximum Gasteiger partial charge on any atom is 0.289 e. The van der Waals surface area contributed by atoms with Gasteiger partial charge in [0, 0.05) is 42.8 Å². The number of rotatable bonds is 6. The topological polar surface area (TPSA) is 45.9 Å². The average Bonchev–Trinajstić information content (AvgIpc) is 3.24. The Morgan fingerprint density at radius 1 is 1.03 bits per heavy atom. The third-order valence-corrected chi connectivity index (χ3v) is 5.99. The third-order valence-electron chi connectivity index (χ3n) is 5.40. The van der Waals surface area contributed by atoms with E-state index in [1.807, 2.05) is 48.2 Å². The second kappa shape index (κ2) is 9.77. The molecule has 2 heterocycles. The third kappa shape index (κ3) is 5.42. The van der Waals surface area contributed by atoms with Gasteiger partial charge in [0.05, 0.1) is 0 Å². The minimum Gasteiger partial charge on any atom is -0.485 e. The van der Waals surface area contributed by atoms with Crippen molar-refractivity contribution in [3.8, 4) is 5.75 Å². The number of halogens is 2. The molecule has 0 bridgehead atoms. The summed E-state index contributed by atoms with van der Waals surface area (Å²) >= 11 is 12.3. The van der Waals surface area contributed by atoms with Gasteiger partial charge in [0.25, 0.3) is 5.91 Å². The number of para-hydroxylation sites is 1. The van der Waals surface area contributed by atoms with Gasteiger partial charge in [0.1, 0.15) is 18.1 Å². The number of piperazine rings is 1. The monoisotopic (exact) mass is 458 g/mol. The molecule has 0 atom stereocenters. The summed E-state index contributed by atoms with van der Waals surface area (Å²) in [5, 5.41) is 1.30. The number of nitrogens with zero attached hydrogens (tertiary/aromatic N) is 2. The summed E-state index contributed by atoms with van der Waals surface area (Å²) in [5.74, 6) is 1.69. The van der Waals surface area contributed by atoms with Gasteiger partial charge < -0.3 is 14.1 Å². The molecule has 1 aromatic heterocycles. The van der Waals surface area contributed by atoms with Crippen LogP contribution in [0.3, 0.4) is 0 Å². The number of aryl methyl sites for hydroxylation is 1. The van der Waals surface area contributed by atoms with Crippen LogP contribution in [0, 0.1) is 6.92 Å². The molecule has 0 spiro atoms. The van der Waals surface area contributed by atoms with Crippen molar-refractivity contribution in [1.29, 1.82) is 0 Å². The van der Waals surface area contributed by atoms with Gasteiger partial charge >= 0.3 is 0 Å². The first-order valence-corrected chi connectivity index (χ1v) is 11.0. The van der Waals surface area contributed by atoms with Crippen LogP contribution in [0.2, 0.25) is 10.0 Å². The zero-order valence-electron chi connectivity index (χ0n) is 17.3. The van der Waals surface area contributed by atoms with E-state index in [9.17, 15) is 4.79 Å². The van der Waals surface area contributed by atoms with Crippen LogP contribution < -0.4 is 4.74 Å². The smallest absolute Gasteiger partial charge is 0.289 e. The van der Waals surface area contributed by atoms with Gasteiger partial charge in [-0.3, -0.25) is 9.69 Å². The number of amides is 1. The van der Waals surface area contributed by atoms with Gasteiger partial charge in [-0.15, -0.1) is 0 Å². The number of hydrogen-bond acceptors (Lipinski definition) is 4. The predicted molar refractivity (Wildman–Crippen MR) is 122 cm³/mol. The van der Waals surface area contributed by atoms with Gasteiger partial charge in [0.2, 0.25) is 0 Å². The highest BCUT2D eigenvalue weighted by molar-refractivity contribution is 6.35. The molecule has 162 valence electrons. The summed E-state index contributed by atoms with van der Waals surface area (Å²) in [7, 11) is 0. The lowest BCUT2D eigenvalue weighted by Gasteiger charge is -2.34. The Morgan fingerprint density at radius 3 is 2.55 bits per heavy atom. The molecule has 31 heavy (non-hydrogen) atoms. The first kappa shape index (κ1) is 21.8. The predicted octanol–water partition coefficient (Wildman–Crippen LogP) is 5.43. The van der Waals surface area contributed by atoms with Gasteiger partial charge in [-0.1, -0.05) is 47.5 Å². The normalized spacial score (nSPS) is 14.6. The second-order valence-corrected chi connectivity index (χ2v) is 8.47. The average molecular weight is 459 g/mol. The highest BCUT2D eigenvalue weighted by Crippen LogP contribution is 2.23. The van der Waals surface area contributed by atoms with Crippen LogP contribution in [0.25, 0.3) is 0 Å². The molecule has 0 N–H and O–H groups in total. The molecule has 4 rings (SSSR count).